The van der Waals surface area contributed by atoms with Crippen LogP contribution in [0, 0.1) is 17.3 Å². The van der Waals surface area contributed by atoms with Crippen molar-refractivity contribution in [3.05, 3.63) is 0 Å². The van der Waals surface area contributed by atoms with Gasteiger partial charge in [-0.2, -0.15) is 0 Å². The fourth-order valence-electron chi connectivity index (χ4n) is 5.06. The minimum atomic E-state index is 0.560. The smallest absolute Gasteiger partial charge is 0.0282 e. The van der Waals surface area contributed by atoms with Gasteiger partial charge in [0.1, 0.15) is 0 Å². The van der Waals surface area contributed by atoms with Crippen LogP contribution in [0.25, 0.3) is 0 Å². The van der Waals surface area contributed by atoms with Crippen molar-refractivity contribution in [2.75, 3.05) is 5.88 Å². The molecule has 0 radical (unpaired) electrons. The van der Waals surface area contributed by atoms with Gasteiger partial charge in [0.15, 0.2) is 0 Å². The summed E-state index contributed by atoms with van der Waals surface area (Å²) in [5, 5.41) is 0. The van der Waals surface area contributed by atoms with Crippen LogP contribution in [0.3, 0.4) is 0 Å². The normalized spacial score (nSPS) is 31.1. The van der Waals surface area contributed by atoms with Crippen LogP contribution in [0.4, 0.5) is 0 Å². The third-order valence-electron chi connectivity index (χ3n) is 6.40. The number of fused-ring (bicyclic) bond motifs is 2. The Bertz CT molecular complexity index is 275. The van der Waals surface area contributed by atoms with Gasteiger partial charge >= 0.3 is 0 Å². The molecule has 0 aromatic carbocycles. The Hall–Kier alpha value is 0.290. The molecule has 21 heavy (non-hydrogen) atoms. The molecule has 2 saturated carbocycles. The Morgan fingerprint density at radius 3 is 1.95 bits per heavy atom. The molecule has 2 aliphatic carbocycles. The van der Waals surface area contributed by atoms with Gasteiger partial charge in [-0.05, 0) is 42.9 Å². The molecule has 2 fully saturated rings. The minimum absolute atomic E-state index is 0.560. The van der Waals surface area contributed by atoms with Gasteiger partial charge in [-0.3, -0.25) is 0 Å². The zero-order valence-corrected chi connectivity index (χ0v) is 15.1. The summed E-state index contributed by atoms with van der Waals surface area (Å²) in [7, 11) is 0. The lowest BCUT2D eigenvalue weighted by molar-refractivity contribution is 0.172. The van der Waals surface area contributed by atoms with Gasteiger partial charge in [0.25, 0.3) is 0 Å². The Balaban J connectivity index is 1.46. The maximum absolute atomic E-state index is 6.38. The topological polar surface area (TPSA) is 0 Å². The van der Waals surface area contributed by atoms with Crippen molar-refractivity contribution in [2.45, 2.75) is 103 Å². The average molecular weight is 313 g/mol. The van der Waals surface area contributed by atoms with Crippen molar-refractivity contribution in [2.24, 2.45) is 17.3 Å². The minimum Gasteiger partial charge on any atom is -0.126 e. The summed E-state index contributed by atoms with van der Waals surface area (Å²) in [6.07, 6.45) is 21.8. The van der Waals surface area contributed by atoms with Crippen LogP contribution in [0.15, 0.2) is 0 Å². The summed E-state index contributed by atoms with van der Waals surface area (Å²) in [6, 6.07) is 0. The summed E-state index contributed by atoms with van der Waals surface area (Å²) >= 11 is 6.38. The summed E-state index contributed by atoms with van der Waals surface area (Å²) in [6.45, 7) is 2.30. The van der Waals surface area contributed by atoms with Gasteiger partial charge in [-0.25, -0.2) is 0 Å². The van der Waals surface area contributed by atoms with Crippen molar-refractivity contribution in [1.82, 2.24) is 0 Å². The average Bonchev–Trinajstić information content (AvgIpc) is 3.10. The third-order valence-corrected chi connectivity index (χ3v) is 6.93. The van der Waals surface area contributed by atoms with E-state index in [1.807, 2.05) is 0 Å². The van der Waals surface area contributed by atoms with Crippen LogP contribution in [0.5, 0.6) is 0 Å². The number of hydrogen-bond acceptors (Lipinski definition) is 0. The number of rotatable bonds is 12. The maximum Gasteiger partial charge on any atom is 0.0282 e. The van der Waals surface area contributed by atoms with E-state index in [4.69, 9.17) is 11.6 Å². The first-order chi connectivity index (χ1) is 10.3. The van der Waals surface area contributed by atoms with E-state index in [9.17, 15) is 0 Å². The van der Waals surface area contributed by atoms with E-state index >= 15 is 0 Å². The highest BCUT2D eigenvalue weighted by Crippen LogP contribution is 2.58. The van der Waals surface area contributed by atoms with Crippen molar-refractivity contribution in [1.29, 1.82) is 0 Å². The monoisotopic (exact) mass is 312 g/mol. The van der Waals surface area contributed by atoms with Crippen LogP contribution in [-0.2, 0) is 0 Å². The fourth-order valence-corrected chi connectivity index (χ4v) is 5.52. The molecule has 0 N–H and O–H groups in total. The molecular formula is C20H37Cl. The molecule has 0 aliphatic heterocycles. The van der Waals surface area contributed by atoms with E-state index in [1.54, 1.807) is 0 Å². The summed E-state index contributed by atoms with van der Waals surface area (Å²) < 4.78 is 0. The molecule has 0 aromatic rings. The predicted molar refractivity (Wildman–Crippen MR) is 95.1 cm³/mol. The molecule has 0 saturated heterocycles. The molecule has 2 bridgehead atoms. The first-order valence-corrected chi connectivity index (χ1v) is 10.4. The second kappa shape index (κ2) is 9.43. The Morgan fingerprint density at radius 1 is 0.857 bits per heavy atom. The molecule has 0 amide bonds. The van der Waals surface area contributed by atoms with Crippen molar-refractivity contribution in [3.63, 3.8) is 0 Å². The Morgan fingerprint density at radius 2 is 1.48 bits per heavy atom. The summed E-state index contributed by atoms with van der Waals surface area (Å²) in [5.41, 5.74) is 0.560. The number of hydrogen-bond donors (Lipinski definition) is 0. The van der Waals surface area contributed by atoms with Crippen LogP contribution >= 0.6 is 11.6 Å². The number of unbranched alkanes of at least 4 members (excludes halogenated alkanes) is 9. The van der Waals surface area contributed by atoms with E-state index in [1.165, 1.54) is 96.3 Å². The highest BCUT2D eigenvalue weighted by Gasteiger charge is 2.49. The van der Waals surface area contributed by atoms with E-state index in [0.29, 0.717) is 5.41 Å². The molecule has 3 atom stereocenters. The van der Waals surface area contributed by atoms with Crippen molar-refractivity contribution in [3.8, 4) is 0 Å². The second-order valence-electron chi connectivity index (χ2n) is 8.01. The standard InChI is InChI=1S/C20H37Cl/c1-2-3-4-5-6-7-8-9-10-11-14-20(17-21)16-18-12-13-19(20)15-18/h18-19H,2-17H2,1H3. The van der Waals surface area contributed by atoms with Crippen LogP contribution in [0.2, 0.25) is 0 Å². The lowest BCUT2D eigenvalue weighted by Crippen LogP contribution is -2.29. The van der Waals surface area contributed by atoms with E-state index < -0.39 is 0 Å². The largest absolute Gasteiger partial charge is 0.126 e. The number of alkyl halides is 1. The zero-order chi connectivity index (χ0) is 15.0. The first-order valence-electron chi connectivity index (χ1n) is 9.86. The molecule has 124 valence electrons. The molecule has 2 rings (SSSR count). The highest BCUT2D eigenvalue weighted by molar-refractivity contribution is 6.18. The van der Waals surface area contributed by atoms with Crippen molar-refractivity contribution < 1.29 is 0 Å². The SMILES string of the molecule is CCCCCCCCCCCCC1(CCl)CC2CCC1C2. The van der Waals surface area contributed by atoms with Crippen molar-refractivity contribution >= 4 is 11.6 Å². The van der Waals surface area contributed by atoms with Gasteiger partial charge in [-0.15, -0.1) is 11.6 Å². The summed E-state index contributed by atoms with van der Waals surface area (Å²) in [4.78, 5) is 0. The molecule has 3 unspecified atom stereocenters. The first kappa shape index (κ1) is 17.6. The Kier molecular flexibility index (Phi) is 7.92. The summed E-state index contributed by atoms with van der Waals surface area (Å²) in [5.74, 6) is 2.96. The molecule has 2 aliphatic rings. The second-order valence-corrected chi connectivity index (χ2v) is 8.28. The van der Waals surface area contributed by atoms with Gasteiger partial charge in [0, 0.05) is 5.88 Å². The number of halogens is 1. The van der Waals surface area contributed by atoms with Crippen LogP contribution in [0.1, 0.15) is 103 Å². The van der Waals surface area contributed by atoms with Crippen LogP contribution in [-0.4, -0.2) is 5.88 Å². The predicted octanol–water partition coefficient (Wildman–Crippen LogP) is 7.34. The highest BCUT2D eigenvalue weighted by atomic mass is 35.5. The lowest BCUT2D eigenvalue weighted by Gasteiger charge is -2.36. The fraction of sp³-hybridized carbons (Fsp3) is 1.00. The molecule has 0 spiro atoms. The van der Waals surface area contributed by atoms with Crippen LogP contribution < -0.4 is 0 Å². The quantitative estimate of drug-likeness (QED) is 0.261. The molecule has 1 heteroatoms. The zero-order valence-electron chi connectivity index (χ0n) is 14.3. The Labute approximate surface area is 138 Å². The van der Waals surface area contributed by atoms with Gasteiger partial charge in [-0.1, -0.05) is 77.6 Å². The molecule has 0 nitrogen and oxygen atoms in total. The third kappa shape index (κ3) is 5.15. The maximum atomic E-state index is 6.38. The van der Waals surface area contributed by atoms with E-state index in [0.717, 1.165) is 17.7 Å². The van der Waals surface area contributed by atoms with E-state index in [2.05, 4.69) is 6.92 Å². The molecule has 0 aromatic heterocycles. The molecule has 0 heterocycles. The van der Waals surface area contributed by atoms with Gasteiger partial charge < -0.3 is 0 Å². The van der Waals surface area contributed by atoms with Gasteiger partial charge in [0.2, 0.25) is 0 Å². The lowest BCUT2D eigenvalue weighted by atomic mass is 9.71. The van der Waals surface area contributed by atoms with Gasteiger partial charge in [0.05, 0.1) is 0 Å². The van der Waals surface area contributed by atoms with E-state index in [-0.39, 0.29) is 0 Å². The molecular weight excluding hydrogens is 276 g/mol.